The summed E-state index contributed by atoms with van der Waals surface area (Å²) >= 11 is 6.31. The molecule has 0 radical (unpaired) electrons. The Morgan fingerprint density at radius 1 is 0.857 bits per heavy atom. The summed E-state index contributed by atoms with van der Waals surface area (Å²) in [6.07, 6.45) is 0.756. The van der Waals surface area contributed by atoms with E-state index in [0.29, 0.717) is 5.29 Å². The predicted molar refractivity (Wildman–Crippen MR) is 118 cm³/mol. The first-order chi connectivity index (χ1) is 13.5. The number of hydrogen-bond donors (Lipinski definition) is 0. The van der Waals surface area contributed by atoms with Crippen LogP contribution in [0, 0.1) is 0 Å². The Balaban J connectivity index is 1.55. The quantitative estimate of drug-likeness (QED) is 0.449. The number of amidine groups is 1. The summed E-state index contributed by atoms with van der Waals surface area (Å²) in [5.41, 5.74) is 8.67. The molecule has 0 fully saturated rings. The van der Waals surface area contributed by atoms with Gasteiger partial charge in [-0.1, -0.05) is 80.6 Å². The van der Waals surface area contributed by atoms with Gasteiger partial charge in [0.05, 0.1) is 11.8 Å². The van der Waals surface area contributed by atoms with Gasteiger partial charge in [0.2, 0.25) is 5.29 Å². The molecule has 1 aliphatic heterocycles. The van der Waals surface area contributed by atoms with E-state index in [1.807, 2.05) is 18.2 Å². The summed E-state index contributed by atoms with van der Waals surface area (Å²) in [7, 11) is 0. The predicted octanol–water partition coefficient (Wildman–Crippen LogP) is 6.52. The van der Waals surface area contributed by atoms with E-state index in [2.05, 4.69) is 78.4 Å². The first-order valence-electron chi connectivity index (χ1n) is 9.64. The molecule has 1 heterocycles. The summed E-state index contributed by atoms with van der Waals surface area (Å²) in [6.45, 7) is 4.59. The molecule has 1 aliphatic carbocycles. The van der Waals surface area contributed by atoms with Crippen molar-refractivity contribution in [3.8, 4) is 11.1 Å². The molecule has 138 valence electrons. The molecule has 5 rings (SSSR count). The molecule has 0 spiro atoms. The minimum atomic E-state index is -0.0200. The number of nitrogens with zero attached hydrogens (tertiary/aromatic N) is 2. The molecule has 3 aromatic rings. The van der Waals surface area contributed by atoms with Crippen LogP contribution < -0.4 is 0 Å². The summed E-state index contributed by atoms with van der Waals surface area (Å²) in [5, 5.41) is 0.332. The van der Waals surface area contributed by atoms with Gasteiger partial charge < -0.3 is 0 Å². The van der Waals surface area contributed by atoms with Crippen molar-refractivity contribution in [3.63, 3.8) is 0 Å². The molecule has 3 aromatic carbocycles. The van der Waals surface area contributed by atoms with Crippen molar-refractivity contribution in [2.45, 2.75) is 31.7 Å². The minimum Gasteiger partial charge on any atom is -0.248 e. The van der Waals surface area contributed by atoms with Crippen LogP contribution >= 0.6 is 11.6 Å². The average Bonchev–Trinajstić information content (AvgIpc) is 2.95. The lowest BCUT2D eigenvalue weighted by atomic mass is 9.81. The second-order valence-electron chi connectivity index (χ2n) is 8.02. The highest BCUT2D eigenvalue weighted by Gasteiger charge is 2.35. The van der Waals surface area contributed by atoms with Crippen LogP contribution in [0.2, 0.25) is 0 Å². The molecule has 3 heteroatoms. The van der Waals surface area contributed by atoms with E-state index in [0.717, 1.165) is 17.7 Å². The summed E-state index contributed by atoms with van der Waals surface area (Å²) in [6, 6.07) is 25.7. The van der Waals surface area contributed by atoms with E-state index in [1.54, 1.807) is 0 Å². The number of halogens is 1. The molecule has 0 amide bonds. The molecule has 0 bridgehead atoms. The monoisotopic (exact) mass is 384 g/mol. The number of benzene rings is 3. The Kier molecular flexibility index (Phi) is 3.99. The van der Waals surface area contributed by atoms with Crippen LogP contribution in [0.1, 0.15) is 48.6 Å². The van der Waals surface area contributed by atoms with E-state index in [4.69, 9.17) is 11.6 Å². The molecule has 2 nitrogen and oxygen atoms in total. The van der Waals surface area contributed by atoms with Crippen molar-refractivity contribution >= 4 is 22.6 Å². The Hall–Kier alpha value is -2.71. The highest BCUT2D eigenvalue weighted by atomic mass is 35.5. The fourth-order valence-electron chi connectivity index (χ4n) is 4.48. The number of rotatable bonds is 2. The van der Waals surface area contributed by atoms with E-state index in [1.165, 1.54) is 27.8 Å². The largest absolute Gasteiger partial charge is 0.248 e. The van der Waals surface area contributed by atoms with Crippen molar-refractivity contribution < 1.29 is 0 Å². The fraction of sp³-hybridized carbons (Fsp3) is 0.200. The average molecular weight is 385 g/mol. The topological polar surface area (TPSA) is 24.7 Å². The Morgan fingerprint density at radius 3 is 2.39 bits per heavy atom. The summed E-state index contributed by atoms with van der Waals surface area (Å²) in [5.74, 6) is 0. The summed E-state index contributed by atoms with van der Waals surface area (Å²) < 4.78 is 0. The fourth-order valence-corrected chi connectivity index (χ4v) is 4.70. The van der Waals surface area contributed by atoms with E-state index in [-0.39, 0.29) is 11.5 Å². The zero-order valence-electron chi connectivity index (χ0n) is 16.0. The van der Waals surface area contributed by atoms with E-state index < -0.39 is 0 Å². The maximum Gasteiger partial charge on any atom is 0.218 e. The van der Waals surface area contributed by atoms with Gasteiger partial charge >= 0.3 is 0 Å². The lowest BCUT2D eigenvalue weighted by molar-refractivity contribution is 0.660. The van der Waals surface area contributed by atoms with Crippen LogP contribution in [0.25, 0.3) is 11.1 Å². The molecular formula is C25H21ClN2. The van der Waals surface area contributed by atoms with Gasteiger partial charge in [0.25, 0.3) is 0 Å². The van der Waals surface area contributed by atoms with Gasteiger partial charge in [-0.25, -0.2) is 9.98 Å². The molecular weight excluding hydrogens is 364 g/mol. The first kappa shape index (κ1) is 17.4. The van der Waals surface area contributed by atoms with Crippen LogP contribution in [0.5, 0.6) is 0 Å². The lowest BCUT2D eigenvalue weighted by Gasteiger charge is -2.23. The van der Waals surface area contributed by atoms with Gasteiger partial charge in [-0.15, -0.1) is 0 Å². The third-order valence-corrected chi connectivity index (χ3v) is 6.16. The smallest absolute Gasteiger partial charge is 0.218 e. The van der Waals surface area contributed by atoms with Gasteiger partial charge in [-0.2, -0.15) is 0 Å². The molecule has 0 saturated heterocycles. The zero-order chi connectivity index (χ0) is 19.3. The summed E-state index contributed by atoms with van der Waals surface area (Å²) in [4.78, 5) is 9.14. The van der Waals surface area contributed by atoms with Gasteiger partial charge in [-0.05, 0) is 51.0 Å². The number of hydrogen-bond acceptors (Lipinski definition) is 2. The van der Waals surface area contributed by atoms with E-state index >= 15 is 0 Å². The van der Waals surface area contributed by atoms with Crippen molar-refractivity contribution in [1.82, 2.24) is 0 Å². The van der Waals surface area contributed by atoms with Gasteiger partial charge in [0, 0.05) is 11.8 Å². The van der Waals surface area contributed by atoms with Gasteiger partial charge in [0.15, 0.2) is 0 Å². The molecule has 2 aliphatic rings. The normalized spacial score (nSPS) is 19.5. The molecule has 0 N–H and O–H groups in total. The van der Waals surface area contributed by atoms with Crippen LogP contribution in [-0.2, 0) is 5.41 Å². The molecule has 1 atom stereocenters. The third-order valence-electron chi connectivity index (χ3n) is 5.98. The minimum absolute atomic E-state index is 0.0136. The maximum absolute atomic E-state index is 6.31. The Bertz CT molecular complexity index is 1130. The Labute approximate surface area is 170 Å². The Morgan fingerprint density at radius 2 is 1.57 bits per heavy atom. The van der Waals surface area contributed by atoms with Crippen molar-refractivity contribution in [3.05, 3.63) is 95.1 Å². The molecule has 1 unspecified atom stereocenters. The SMILES string of the molecule is CC1(C)c2ccccc2-c2ccc(C3=NC(Cl)=NC(c4ccccc4)C3)cc21. The number of fused-ring (bicyclic) bond motifs is 3. The first-order valence-corrected chi connectivity index (χ1v) is 10.0. The lowest BCUT2D eigenvalue weighted by Crippen LogP contribution is -2.17. The molecule has 0 saturated carbocycles. The molecule has 0 aromatic heterocycles. The second-order valence-corrected chi connectivity index (χ2v) is 8.36. The van der Waals surface area contributed by atoms with Crippen LogP contribution in [0.4, 0.5) is 0 Å². The van der Waals surface area contributed by atoms with Crippen molar-refractivity contribution in [2.24, 2.45) is 9.98 Å². The number of aliphatic imine (C=N–C) groups is 2. The van der Waals surface area contributed by atoms with Crippen LogP contribution in [0.3, 0.4) is 0 Å². The zero-order valence-corrected chi connectivity index (χ0v) is 16.7. The highest BCUT2D eigenvalue weighted by molar-refractivity contribution is 6.66. The van der Waals surface area contributed by atoms with Gasteiger partial charge in [0.1, 0.15) is 0 Å². The maximum atomic E-state index is 6.31. The standard InChI is InChI=1S/C25H21ClN2/c1-25(2)20-11-7-6-10-18(20)19-13-12-17(14-21(19)25)23-15-22(27-24(26)28-23)16-8-4-3-5-9-16/h3-14,22H,15H2,1-2H3. The van der Waals surface area contributed by atoms with Crippen LogP contribution in [0.15, 0.2) is 82.8 Å². The van der Waals surface area contributed by atoms with Gasteiger partial charge in [-0.3, -0.25) is 0 Å². The highest BCUT2D eigenvalue weighted by Crippen LogP contribution is 2.48. The molecule has 28 heavy (non-hydrogen) atoms. The van der Waals surface area contributed by atoms with Crippen LogP contribution in [-0.4, -0.2) is 11.0 Å². The van der Waals surface area contributed by atoms with E-state index in [9.17, 15) is 0 Å². The van der Waals surface area contributed by atoms with Crippen molar-refractivity contribution in [2.75, 3.05) is 0 Å². The second kappa shape index (κ2) is 6.42. The van der Waals surface area contributed by atoms with Crippen molar-refractivity contribution in [1.29, 1.82) is 0 Å². The third kappa shape index (κ3) is 2.71.